The molecule has 32 heavy (non-hydrogen) atoms. The number of ketones is 1. The van der Waals surface area contributed by atoms with Gasteiger partial charge in [0, 0.05) is 27.6 Å². The third-order valence-corrected chi connectivity index (χ3v) is 5.75. The highest BCUT2D eigenvalue weighted by atomic mass is 35.5. The van der Waals surface area contributed by atoms with Gasteiger partial charge >= 0.3 is 0 Å². The lowest BCUT2D eigenvalue weighted by Crippen LogP contribution is -2.31. The molecule has 0 aliphatic rings. The molecule has 0 aromatic heterocycles. The summed E-state index contributed by atoms with van der Waals surface area (Å²) in [7, 11) is -3.60. The van der Waals surface area contributed by atoms with Gasteiger partial charge in [-0.3, -0.25) is 9.59 Å². The zero-order valence-corrected chi connectivity index (χ0v) is 19.3. The highest BCUT2D eigenvalue weighted by molar-refractivity contribution is 7.88. The molecule has 0 saturated heterocycles. The lowest BCUT2D eigenvalue weighted by atomic mass is 10.0. The molecule has 0 fully saturated rings. The smallest absolute Gasteiger partial charge is 0.226 e. The van der Waals surface area contributed by atoms with Crippen LogP contribution in [0.5, 0.6) is 0 Å². The Balaban J connectivity index is 1.85. The average molecular weight is 491 g/mol. The minimum atomic E-state index is -3.60. The maximum absolute atomic E-state index is 12.9. The Morgan fingerprint density at radius 2 is 1.53 bits per heavy atom. The number of anilines is 1. The minimum absolute atomic E-state index is 0.198. The Bertz CT molecular complexity index is 1230. The summed E-state index contributed by atoms with van der Waals surface area (Å²) in [5.74, 6) is -0.780. The van der Waals surface area contributed by atoms with Gasteiger partial charge < -0.3 is 5.32 Å². The summed E-state index contributed by atoms with van der Waals surface area (Å²) >= 11 is 12.0. The Kier molecular flexibility index (Phi) is 7.69. The topological polar surface area (TPSA) is 92.3 Å². The molecular weight excluding hydrogens is 471 g/mol. The van der Waals surface area contributed by atoms with E-state index >= 15 is 0 Å². The van der Waals surface area contributed by atoms with Gasteiger partial charge in [-0.25, -0.2) is 13.1 Å². The van der Waals surface area contributed by atoms with Crippen molar-refractivity contribution < 1.29 is 18.0 Å². The van der Waals surface area contributed by atoms with Gasteiger partial charge in [0.15, 0.2) is 5.78 Å². The lowest BCUT2D eigenvalue weighted by Gasteiger charge is -2.18. The number of halogens is 2. The molecule has 0 radical (unpaired) electrons. The normalized spacial score (nSPS) is 12.2. The molecule has 0 aliphatic carbocycles. The Labute approximate surface area is 196 Å². The van der Waals surface area contributed by atoms with E-state index in [4.69, 9.17) is 23.2 Å². The number of carbonyl (C=O) groups is 2. The van der Waals surface area contributed by atoms with Crippen LogP contribution in [-0.4, -0.2) is 26.4 Å². The standard InChI is InChI=1S/C23H20Cl2N2O4S/c1-32(30,31)27-21(15-7-9-17(24)10-8-15)14-22(28)26-20-12-11-18(25)13-19(20)23(29)16-5-3-2-4-6-16/h2-13,21,27H,14H2,1H3,(H,26,28). The van der Waals surface area contributed by atoms with Gasteiger partial charge in [-0.2, -0.15) is 0 Å². The van der Waals surface area contributed by atoms with Crippen LogP contribution in [0.2, 0.25) is 10.0 Å². The van der Waals surface area contributed by atoms with Gasteiger partial charge in [0.25, 0.3) is 0 Å². The van der Waals surface area contributed by atoms with Gasteiger partial charge in [-0.15, -0.1) is 0 Å². The van der Waals surface area contributed by atoms with Crippen molar-refractivity contribution in [1.82, 2.24) is 4.72 Å². The van der Waals surface area contributed by atoms with Gasteiger partial charge in [-0.1, -0.05) is 65.7 Å². The molecule has 1 unspecified atom stereocenters. The van der Waals surface area contributed by atoms with Crippen molar-refractivity contribution in [3.05, 3.63) is 99.5 Å². The third-order valence-electron chi connectivity index (χ3n) is 4.55. The second-order valence-electron chi connectivity index (χ2n) is 7.13. The molecule has 0 saturated carbocycles. The predicted octanol–water partition coefficient (Wildman–Crippen LogP) is 4.84. The Morgan fingerprint density at radius 1 is 0.906 bits per heavy atom. The molecule has 6 nitrogen and oxygen atoms in total. The molecule has 3 aromatic rings. The monoisotopic (exact) mass is 490 g/mol. The second kappa shape index (κ2) is 10.3. The number of amides is 1. The number of sulfonamides is 1. The summed E-state index contributed by atoms with van der Waals surface area (Å²) in [6, 6.07) is 18.9. The Hall–Kier alpha value is -2.71. The first-order valence-corrected chi connectivity index (χ1v) is 12.2. The van der Waals surface area contributed by atoms with Crippen molar-refractivity contribution in [3.8, 4) is 0 Å². The van der Waals surface area contributed by atoms with E-state index in [1.165, 1.54) is 12.1 Å². The predicted molar refractivity (Wildman–Crippen MR) is 127 cm³/mol. The maximum Gasteiger partial charge on any atom is 0.226 e. The van der Waals surface area contributed by atoms with E-state index < -0.39 is 22.0 Å². The van der Waals surface area contributed by atoms with Crippen molar-refractivity contribution in [2.45, 2.75) is 12.5 Å². The molecule has 0 heterocycles. The summed E-state index contributed by atoms with van der Waals surface area (Å²) in [6.07, 6.45) is 0.819. The fourth-order valence-electron chi connectivity index (χ4n) is 3.13. The number of rotatable bonds is 8. The summed E-state index contributed by atoms with van der Waals surface area (Å²) in [5, 5.41) is 3.54. The van der Waals surface area contributed by atoms with Crippen LogP contribution >= 0.6 is 23.2 Å². The van der Waals surface area contributed by atoms with Crippen molar-refractivity contribution in [1.29, 1.82) is 0 Å². The SMILES string of the molecule is CS(=O)(=O)NC(CC(=O)Nc1ccc(Cl)cc1C(=O)c1ccccc1)c1ccc(Cl)cc1. The first-order valence-electron chi connectivity index (χ1n) is 9.54. The maximum atomic E-state index is 12.9. The van der Waals surface area contributed by atoms with Crippen LogP contribution in [-0.2, 0) is 14.8 Å². The Morgan fingerprint density at radius 3 is 2.16 bits per heavy atom. The quantitative estimate of drug-likeness (QED) is 0.441. The molecule has 0 aliphatic heterocycles. The summed E-state index contributed by atoms with van der Waals surface area (Å²) in [6.45, 7) is 0. The van der Waals surface area contributed by atoms with E-state index in [1.807, 2.05) is 0 Å². The zero-order chi connectivity index (χ0) is 23.3. The van der Waals surface area contributed by atoms with Crippen LogP contribution in [0.1, 0.15) is 33.9 Å². The fraction of sp³-hybridized carbons (Fsp3) is 0.130. The summed E-state index contributed by atoms with van der Waals surface area (Å²) in [4.78, 5) is 25.8. The molecule has 166 valence electrons. The molecule has 3 aromatic carbocycles. The number of hydrogen-bond acceptors (Lipinski definition) is 4. The van der Waals surface area contributed by atoms with Crippen LogP contribution in [0.3, 0.4) is 0 Å². The fourth-order valence-corrected chi connectivity index (χ4v) is 4.16. The van der Waals surface area contributed by atoms with Crippen LogP contribution < -0.4 is 10.0 Å². The van der Waals surface area contributed by atoms with Gasteiger partial charge in [0.05, 0.1) is 18.0 Å². The molecule has 2 N–H and O–H groups in total. The molecule has 3 rings (SSSR count). The molecule has 9 heteroatoms. The molecule has 0 bridgehead atoms. The van der Waals surface area contributed by atoms with Gasteiger partial charge in [0.1, 0.15) is 0 Å². The van der Waals surface area contributed by atoms with E-state index in [0.29, 0.717) is 21.2 Å². The van der Waals surface area contributed by atoms with E-state index in [9.17, 15) is 18.0 Å². The first-order chi connectivity index (χ1) is 15.1. The average Bonchev–Trinajstić information content (AvgIpc) is 2.74. The number of carbonyl (C=O) groups excluding carboxylic acids is 2. The minimum Gasteiger partial charge on any atom is -0.325 e. The zero-order valence-electron chi connectivity index (χ0n) is 17.0. The molecule has 1 amide bonds. The van der Waals surface area contributed by atoms with Crippen LogP contribution in [0.4, 0.5) is 5.69 Å². The van der Waals surface area contributed by atoms with Crippen LogP contribution in [0.25, 0.3) is 0 Å². The second-order valence-corrected chi connectivity index (χ2v) is 9.78. The molecule has 1 atom stereocenters. The lowest BCUT2D eigenvalue weighted by molar-refractivity contribution is -0.116. The summed E-state index contributed by atoms with van der Waals surface area (Å²) in [5.41, 5.74) is 1.54. The van der Waals surface area contributed by atoms with Crippen molar-refractivity contribution >= 4 is 50.6 Å². The van der Waals surface area contributed by atoms with E-state index in [2.05, 4.69) is 10.0 Å². The highest BCUT2D eigenvalue weighted by Gasteiger charge is 2.22. The van der Waals surface area contributed by atoms with E-state index in [0.717, 1.165) is 6.26 Å². The molecular formula is C23H20Cl2N2O4S. The summed E-state index contributed by atoms with van der Waals surface area (Å²) < 4.78 is 26.1. The number of nitrogens with one attached hydrogen (secondary N) is 2. The number of hydrogen-bond donors (Lipinski definition) is 2. The van der Waals surface area contributed by atoms with Gasteiger partial charge in [-0.05, 0) is 35.9 Å². The molecule has 0 spiro atoms. The first kappa shape index (κ1) is 23.9. The third kappa shape index (κ3) is 6.64. The van der Waals surface area contributed by atoms with Crippen molar-refractivity contribution in [3.63, 3.8) is 0 Å². The van der Waals surface area contributed by atoms with Crippen molar-refractivity contribution in [2.75, 3.05) is 11.6 Å². The van der Waals surface area contributed by atoms with E-state index in [-0.39, 0.29) is 23.5 Å². The van der Waals surface area contributed by atoms with Crippen LogP contribution in [0.15, 0.2) is 72.8 Å². The van der Waals surface area contributed by atoms with Crippen molar-refractivity contribution in [2.24, 2.45) is 0 Å². The van der Waals surface area contributed by atoms with Crippen LogP contribution in [0, 0.1) is 0 Å². The highest BCUT2D eigenvalue weighted by Crippen LogP contribution is 2.26. The van der Waals surface area contributed by atoms with Gasteiger partial charge in [0.2, 0.25) is 15.9 Å². The van der Waals surface area contributed by atoms with E-state index in [1.54, 1.807) is 60.7 Å². The number of benzene rings is 3. The largest absolute Gasteiger partial charge is 0.325 e.